The fraction of sp³-hybridized carbons (Fsp3) is 0.429. The third-order valence-electron chi connectivity index (χ3n) is 5.18. The van der Waals surface area contributed by atoms with E-state index < -0.39 is 6.10 Å². The maximum atomic E-state index is 13.3. The highest BCUT2D eigenvalue weighted by Gasteiger charge is 2.23. The van der Waals surface area contributed by atoms with Gasteiger partial charge in [0.15, 0.2) is 0 Å². The van der Waals surface area contributed by atoms with Crippen molar-refractivity contribution in [2.45, 2.75) is 51.7 Å². The predicted octanol–water partition coefficient (Wildman–Crippen LogP) is 4.06. The Morgan fingerprint density at radius 3 is 2.70 bits per heavy atom. The van der Waals surface area contributed by atoms with Crippen LogP contribution in [0.5, 0.6) is 0 Å². The zero-order chi connectivity index (χ0) is 19.0. The van der Waals surface area contributed by atoms with Gasteiger partial charge in [-0.2, -0.15) is 0 Å². The molecule has 0 saturated heterocycles. The number of benzene rings is 1. The lowest BCUT2D eigenvalue weighted by Gasteiger charge is -2.19. The first-order valence-corrected chi connectivity index (χ1v) is 10.4. The maximum Gasteiger partial charge on any atom is 0.264 e. The van der Waals surface area contributed by atoms with Crippen LogP contribution in [0.1, 0.15) is 54.8 Å². The van der Waals surface area contributed by atoms with E-state index >= 15 is 0 Å². The van der Waals surface area contributed by atoms with Gasteiger partial charge in [0, 0.05) is 17.5 Å². The Morgan fingerprint density at radius 2 is 1.96 bits per heavy atom. The van der Waals surface area contributed by atoms with Crippen molar-refractivity contribution in [1.29, 1.82) is 0 Å². The molecule has 0 bridgehead atoms. The molecule has 0 aliphatic heterocycles. The third kappa shape index (κ3) is 3.39. The van der Waals surface area contributed by atoms with Crippen LogP contribution in [0.3, 0.4) is 0 Å². The zero-order valence-electron chi connectivity index (χ0n) is 15.7. The monoisotopic (exact) mass is 383 g/mol. The number of aryl methyl sites for hydroxylation is 2. The van der Waals surface area contributed by atoms with Gasteiger partial charge in [-0.1, -0.05) is 30.3 Å². The summed E-state index contributed by atoms with van der Waals surface area (Å²) in [5.74, 6) is 0.538. The van der Waals surface area contributed by atoms with E-state index in [1.807, 2.05) is 44.2 Å². The largest absolute Gasteiger partial charge is 0.387 e. The smallest absolute Gasteiger partial charge is 0.264 e. The molecular weight excluding hydrogens is 358 g/mol. The van der Waals surface area contributed by atoms with Crippen LogP contribution < -0.4 is 10.9 Å². The molecule has 0 saturated carbocycles. The highest BCUT2D eigenvalue weighted by atomic mass is 32.1. The molecule has 1 aliphatic rings. The molecule has 0 fully saturated rings. The summed E-state index contributed by atoms with van der Waals surface area (Å²) >= 11 is 1.65. The number of nitrogens with one attached hydrogen (secondary N) is 1. The summed E-state index contributed by atoms with van der Waals surface area (Å²) in [4.78, 5) is 20.2. The lowest BCUT2D eigenvalue weighted by atomic mass is 9.97. The second kappa shape index (κ2) is 7.44. The van der Waals surface area contributed by atoms with E-state index in [2.05, 4.69) is 5.32 Å². The molecule has 5 nitrogen and oxygen atoms in total. The van der Waals surface area contributed by atoms with Crippen LogP contribution in [-0.2, 0) is 12.8 Å². The molecule has 3 aromatic rings. The van der Waals surface area contributed by atoms with Crippen molar-refractivity contribution in [1.82, 2.24) is 9.55 Å². The standard InChI is InChI=1S/C21H25N3O2S/c1-13(2)24-20(26)18-15-10-6-7-11-17(15)27-19(18)23-21(24)22-12-16(25)14-8-4-3-5-9-14/h3-5,8-9,13,16,25H,6-7,10-12H2,1-2H3,(H,22,23). The summed E-state index contributed by atoms with van der Waals surface area (Å²) in [6, 6.07) is 9.52. The minimum absolute atomic E-state index is 0.00934. The van der Waals surface area contributed by atoms with E-state index in [0.717, 1.165) is 35.0 Å². The molecule has 0 radical (unpaired) electrons. The lowest BCUT2D eigenvalue weighted by Crippen LogP contribution is -2.28. The number of rotatable bonds is 5. The molecule has 2 N–H and O–H groups in total. The fourth-order valence-corrected chi connectivity index (χ4v) is 5.05. The third-order valence-corrected chi connectivity index (χ3v) is 6.36. The molecule has 6 heteroatoms. The molecule has 1 aliphatic carbocycles. The van der Waals surface area contributed by atoms with Crippen LogP contribution >= 0.6 is 11.3 Å². The van der Waals surface area contributed by atoms with E-state index in [9.17, 15) is 9.90 Å². The molecule has 2 aromatic heterocycles. The molecule has 1 atom stereocenters. The van der Waals surface area contributed by atoms with Crippen LogP contribution in [0.15, 0.2) is 35.1 Å². The summed E-state index contributed by atoms with van der Waals surface area (Å²) < 4.78 is 1.72. The number of fused-ring (bicyclic) bond motifs is 3. The van der Waals surface area contributed by atoms with Crippen LogP contribution in [0, 0.1) is 0 Å². The van der Waals surface area contributed by atoms with Crippen molar-refractivity contribution in [2.75, 3.05) is 11.9 Å². The molecule has 142 valence electrons. The molecular formula is C21H25N3O2S. The van der Waals surface area contributed by atoms with Gasteiger partial charge in [0.1, 0.15) is 4.83 Å². The fourth-order valence-electron chi connectivity index (χ4n) is 3.80. The van der Waals surface area contributed by atoms with Crippen molar-refractivity contribution in [3.63, 3.8) is 0 Å². The number of aromatic nitrogens is 2. The normalized spacial score (nSPS) is 15.1. The molecule has 0 amide bonds. The molecule has 1 unspecified atom stereocenters. The highest BCUT2D eigenvalue weighted by Crippen LogP contribution is 2.34. The average Bonchev–Trinajstić information content (AvgIpc) is 3.05. The van der Waals surface area contributed by atoms with Crippen molar-refractivity contribution in [3.8, 4) is 0 Å². The summed E-state index contributed by atoms with van der Waals surface area (Å²) in [5, 5.41) is 14.5. The topological polar surface area (TPSA) is 67.2 Å². The van der Waals surface area contributed by atoms with Crippen molar-refractivity contribution in [3.05, 3.63) is 56.7 Å². The van der Waals surface area contributed by atoms with Gasteiger partial charge in [-0.3, -0.25) is 9.36 Å². The quantitative estimate of drug-likeness (QED) is 0.697. The van der Waals surface area contributed by atoms with Gasteiger partial charge in [-0.15, -0.1) is 11.3 Å². The number of anilines is 1. The predicted molar refractivity (Wildman–Crippen MR) is 111 cm³/mol. The molecule has 27 heavy (non-hydrogen) atoms. The van der Waals surface area contributed by atoms with Gasteiger partial charge < -0.3 is 10.4 Å². The maximum absolute atomic E-state index is 13.3. The minimum Gasteiger partial charge on any atom is -0.387 e. The lowest BCUT2D eigenvalue weighted by molar-refractivity contribution is 0.191. The Bertz CT molecular complexity index is 1010. The Hall–Kier alpha value is -2.18. The van der Waals surface area contributed by atoms with Gasteiger partial charge in [0.05, 0.1) is 11.5 Å². The average molecular weight is 384 g/mol. The minimum atomic E-state index is -0.657. The van der Waals surface area contributed by atoms with E-state index in [4.69, 9.17) is 4.98 Å². The summed E-state index contributed by atoms with van der Waals surface area (Å²) in [5.41, 5.74) is 2.09. The van der Waals surface area contributed by atoms with Gasteiger partial charge in [-0.05, 0) is 50.7 Å². The van der Waals surface area contributed by atoms with Crippen molar-refractivity contribution >= 4 is 27.5 Å². The van der Waals surface area contributed by atoms with Gasteiger partial charge in [0.25, 0.3) is 5.56 Å². The number of aliphatic hydroxyl groups excluding tert-OH is 1. The Balaban J connectivity index is 1.71. The van der Waals surface area contributed by atoms with Crippen LogP contribution in [0.2, 0.25) is 0 Å². The van der Waals surface area contributed by atoms with E-state index in [0.29, 0.717) is 12.5 Å². The SMILES string of the molecule is CC(C)n1c(NCC(O)c2ccccc2)nc2sc3c(c2c1=O)CCCC3. The number of hydrogen-bond acceptors (Lipinski definition) is 5. The number of nitrogens with zero attached hydrogens (tertiary/aromatic N) is 2. The van der Waals surface area contributed by atoms with Crippen molar-refractivity contribution in [2.24, 2.45) is 0 Å². The molecule has 4 rings (SSSR count). The Kier molecular flexibility index (Phi) is 5.02. The summed E-state index contributed by atoms with van der Waals surface area (Å²) in [7, 11) is 0. The second-order valence-electron chi connectivity index (χ2n) is 7.40. The van der Waals surface area contributed by atoms with Crippen LogP contribution in [0.4, 0.5) is 5.95 Å². The summed E-state index contributed by atoms with van der Waals surface area (Å²) in [6.45, 7) is 4.29. The van der Waals surface area contributed by atoms with E-state index in [1.54, 1.807) is 15.9 Å². The van der Waals surface area contributed by atoms with E-state index in [-0.39, 0.29) is 11.6 Å². The Labute approximate surface area is 162 Å². The number of hydrogen-bond donors (Lipinski definition) is 2. The first kappa shape index (κ1) is 18.2. The Morgan fingerprint density at radius 1 is 1.22 bits per heavy atom. The van der Waals surface area contributed by atoms with Gasteiger partial charge in [-0.25, -0.2) is 4.98 Å². The van der Waals surface area contributed by atoms with Crippen molar-refractivity contribution < 1.29 is 5.11 Å². The first-order chi connectivity index (χ1) is 13.1. The highest BCUT2D eigenvalue weighted by molar-refractivity contribution is 7.18. The number of thiophene rings is 1. The number of aliphatic hydroxyl groups is 1. The summed E-state index contributed by atoms with van der Waals surface area (Å²) in [6.07, 6.45) is 3.70. The van der Waals surface area contributed by atoms with Gasteiger partial charge in [0.2, 0.25) is 5.95 Å². The van der Waals surface area contributed by atoms with Crippen LogP contribution in [-0.4, -0.2) is 21.2 Å². The van der Waals surface area contributed by atoms with E-state index in [1.165, 1.54) is 16.9 Å². The zero-order valence-corrected chi connectivity index (χ0v) is 16.6. The molecule has 2 heterocycles. The van der Waals surface area contributed by atoms with Crippen LogP contribution in [0.25, 0.3) is 10.2 Å². The molecule has 1 aromatic carbocycles. The van der Waals surface area contributed by atoms with Gasteiger partial charge >= 0.3 is 0 Å². The molecule has 0 spiro atoms. The first-order valence-electron chi connectivity index (χ1n) is 9.60. The second-order valence-corrected chi connectivity index (χ2v) is 8.49.